The minimum Gasteiger partial charge on any atom is -0.487 e. The summed E-state index contributed by atoms with van der Waals surface area (Å²) in [5, 5.41) is 2.59. The van der Waals surface area contributed by atoms with E-state index in [1.165, 1.54) is 31.4 Å². The minimum absolute atomic E-state index is 0.0147. The van der Waals surface area contributed by atoms with Crippen LogP contribution >= 0.6 is 0 Å². The van der Waals surface area contributed by atoms with Crippen LogP contribution in [0, 0.1) is 11.8 Å². The smallest absolute Gasteiger partial charge is 0.417 e. The number of nitrogens with zero attached hydrogens (tertiary/aromatic N) is 3. The predicted octanol–water partition coefficient (Wildman–Crippen LogP) is 3.05. The summed E-state index contributed by atoms with van der Waals surface area (Å²) in [4.78, 5) is 35.3. The number of benzene rings is 1. The van der Waals surface area contributed by atoms with E-state index in [0.717, 1.165) is 11.8 Å². The van der Waals surface area contributed by atoms with Crippen LogP contribution in [-0.4, -0.2) is 53.2 Å². The monoisotopic (exact) mass is 525 g/mol. The van der Waals surface area contributed by atoms with Gasteiger partial charge >= 0.3 is 6.18 Å². The summed E-state index contributed by atoms with van der Waals surface area (Å²) >= 11 is 0. The van der Waals surface area contributed by atoms with Gasteiger partial charge in [-0.1, -0.05) is 24.1 Å². The first-order valence-corrected chi connectivity index (χ1v) is 11.2. The maximum atomic E-state index is 13.1. The van der Waals surface area contributed by atoms with Gasteiger partial charge in [0.2, 0.25) is 0 Å². The van der Waals surface area contributed by atoms with E-state index in [1.54, 1.807) is 30.3 Å². The number of para-hydroxylation sites is 1. The molecule has 3 heterocycles. The first kappa shape index (κ1) is 26.4. The highest BCUT2D eigenvalue weighted by molar-refractivity contribution is 6.02. The van der Waals surface area contributed by atoms with Crippen molar-refractivity contribution < 1.29 is 32.2 Å². The quantitative estimate of drug-likeness (QED) is 0.503. The molecule has 0 fully saturated rings. The van der Waals surface area contributed by atoms with Crippen molar-refractivity contribution in [1.29, 1.82) is 0 Å². The second kappa shape index (κ2) is 10.4. The summed E-state index contributed by atoms with van der Waals surface area (Å²) in [7, 11) is 1.40. The van der Waals surface area contributed by atoms with Crippen LogP contribution in [-0.2, 0) is 4.79 Å². The summed E-state index contributed by atoms with van der Waals surface area (Å²) in [5.74, 6) is 4.21. The lowest BCUT2D eigenvalue weighted by atomic mass is 10.0. The highest BCUT2D eigenvalue weighted by Crippen LogP contribution is 2.30. The molecule has 38 heavy (non-hydrogen) atoms. The summed E-state index contributed by atoms with van der Waals surface area (Å²) < 4.78 is 50.4. The fraction of sp³-hybridized carbons (Fsp3) is 0.231. The molecule has 4 rings (SSSR count). The van der Waals surface area contributed by atoms with Gasteiger partial charge in [-0.3, -0.25) is 19.5 Å². The number of nitrogens with one attached hydrogen (secondary N) is 1. The van der Waals surface area contributed by atoms with Crippen molar-refractivity contribution in [3.63, 3.8) is 0 Å². The number of pyridine rings is 2. The van der Waals surface area contributed by atoms with Crippen molar-refractivity contribution in [2.75, 3.05) is 18.6 Å². The van der Waals surface area contributed by atoms with Gasteiger partial charge in [0, 0.05) is 19.3 Å². The lowest BCUT2D eigenvalue weighted by molar-refractivity contribution is -0.163. The van der Waals surface area contributed by atoms with Crippen molar-refractivity contribution >= 4 is 17.6 Å². The summed E-state index contributed by atoms with van der Waals surface area (Å²) in [6, 6.07) is 13.6. The van der Waals surface area contributed by atoms with E-state index in [4.69, 9.17) is 15.2 Å². The van der Waals surface area contributed by atoms with Crippen molar-refractivity contribution in [2.24, 2.45) is 5.73 Å². The highest BCUT2D eigenvalue weighted by Gasteiger charge is 2.47. The molecule has 0 saturated heterocycles. The number of hydrogen-bond donors (Lipinski definition) is 2. The molecule has 2 aromatic heterocycles. The number of fused-ring (bicyclic) bond motifs is 1. The number of halogens is 3. The molecule has 1 aliphatic heterocycles. The Morgan fingerprint density at radius 1 is 1.18 bits per heavy atom. The Balaban J connectivity index is 1.49. The van der Waals surface area contributed by atoms with E-state index in [0.29, 0.717) is 11.5 Å². The fourth-order valence-electron chi connectivity index (χ4n) is 3.26. The molecule has 0 saturated carbocycles. The van der Waals surface area contributed by atoms with Crippen LogP contribution in [0.25, 0.3) is 0 Å². The van der Waals surface area contributed by atoms with Gasteiger partial charge in [0.25, 0.3) is 11.8 Å². The number of ether oxygens (including phenoxy) is 2. The molecule has 196 valence electrons. The standard InChI is InChI=1S/C26H22F3N5O4/c1-25(30,26(27,28)29)12-10-16-8-9-21-22(32-16)34(2)24(36)20(15-37-21)33-23(35)19-14-18(11-13-31-19)38-17-6-4-3-5-7-17/h3-9,11,13-14,20H,15,30H2,1-2H3,(H,33,35)/t20-,25?/m0/s1. The summed E-state index contributed by atoms with van der Waals surface area (Å²) in [5.41, 5.74) is 2.47. The molecule has 2 amide bonds. The largest absolute Gasteiger partial charge is 0.487 e. The summed E-state index contributed by atoms with van der Waals surface area (Å²) in [6.45, 7) is 0.525. The third-order valence-electron chi connectivity index (χ3n) is 5.48. The number of anilines is 1. The van der Waals surface area contributed by atoms with E-state index in [9.17, 15) is 22.8 Å². The van der Waals surface area contributed by atoms with Crippen LogP contribution in [0.2, 0.25) is 0 Å². The van der Waals surface area contributed by atoms with E-state index in [1.807, 2.05) is 12.0 Å². The molecule has 2 atom stereocenters. The van der Waals surface area contributed by atoms with E-state index in [2.05, 4.69) is 21.2 Å². The van der Waals surface area contributed by atoms with Gasteiger partial charge in [0.15, 0.2) is 17.1 Å². The molecule has 12 heteroatoms. The third kappa shape index (κ3) is 5.84. The topological polar surface area (TPSA) is 120 Å². The number of rotatable bonds is 4. The Bertz CT molecular complexity index is 1420. The molecule has 0 radical (unpaired) electrons. The molecule has 0 bridgehead atoms. The van der Waals surface area contributed by atoms with Gasteiger partial charge in [0.05, 0.1) is 0 Å². The first-order valence-electron chi connectivity index (χ1n) is 11.2. The molecule has 3 aromatic rings. The van der Waals surface area contributed by atoms with Crippen LogP contribution in [0.3, 0.4) is 0 Å². The van der Waals surface area contributed by atoms with E-state index < -0.39 is 29.6 Å². The van der Waals surface area contributed by atoms with Crippen LogP contribution < -0.4 is 25.4 Å². The maximum Gasteiger partial charge on any atom is 0.417 e. The highest BCUT2D eigenvalue weighted by atomic mass is 19.4. The van der Waals surface area contributed by atoms with Crippen LogP contribution in [0.5, 0.6) is 17.2 Å². The zero-order valence-corrected chi connectivity index (χ0v) is 20.2. The number of carbonyl (C=O) groups is 2. The second-order valence-electron chi connectivity index (χ2n) is 8.49. The zero-order chi connectivity index (χ0) is 27.5. The lowest BCUT2D eigenvalue weighted by Crippen LogP contribution is -2.49. The van der Waals surface area contributed by atoms with Crippen LogP contribution in [0.1, 0.15) is 23.1 Å². The van der Waals surface area contributed by atoms with Crippen molar-refractivity contribution in [3.05, 3.63) is 72.2 Å². The first-order chi connectivity index (χ1) is 17.9. The average molecular weight is 525 g/mol. The Morgan fingerprint density at radius 3 is 2.63 bits per heavy atom. The van der Waals surface area contributed by atoms with Crippen molar-refractivity contribution in [2.45, 2.75) is 24.7 Å². The zero-order valence-electron chi connectivity index (χ0n) is 20.2. The fourth-order valence-corrected chi connectivity index (χ4v) is 3.26. The van der Waals surface area contributed by atoms with Gasteiger partial charge in [0.1, 0.15) is 35.5 Å². The molecule has 1 aromatic carbocycles. The average Bonchev–Trinajstić information content (AvgIpc) is 2.99. The number of alkyl halides is 3. The SMILES string of the molecule is CN1C(=O)[C@@H](NC(=O)c2cc(Oc3ccccc3)ccn2)COc2ccc(C#CC(C)(N)C(F)(F)F)nc21. The molecule has 1 aliphatic rings. The molecule has 1 unspecified atom stereocenters. The van der Waals surface area contributed by atoms with Crippen LogP contribution in [0.15, 0.2) is 60.8 Å². The molecular formula is C26H22F3N5O4. The predicted molar refractivity (Wildman–Crippen MR) is 131 cm³/mol. The van der Waals surface area contributed by atoms with E-state index >= 15 is 0 Å². The number of carbonyl (C=O) groups excluding carboxylic acids is 2. The van der Waals surface area contributed by atoms with Gasteiger partial charge in [-0.05, 0) is 43.2 Å². The molecule has 3 N–H and O–H groups in total. The summed E-state index contributed by atoms with van der Waals surface area (Å²) in [6.07, 6.45) is -3.34. The van der Waals surface area contributed by atoms with Crippen molar-refractivity contribution in [3.8, 4) is 29.1 Å². The van der Waals surface area contributed by atoms with Gasteiger partial charge < -0.3 is 20.5 Å². The van der Waals surface area contributed by atoms with Crippen molar-refractivity contribution in [1.82, 2.24) is 15.3 Å². The number of hydrogen-bond acceptors (Lipinski definition) is 7. The Kier molecular flexibility index (Phi) is 7.23. The van der Waals surface area contributed by atoms with Gasteiger partial charge in [-0.15, -0.1) is 0 Å². The molecule has 0 spiro atoms. The number of aromatic nitrogens is 2. The number of amides is 2. The number of nitrogens with two attached hydrogens (primary N) is 1. The molecule has 9 nitrogen and oxygen atoms in total. The third-order valence-corrected chi connectivity index (χ3v) is 5.48. The lowest BCUT2D eigenvalue weighted by Gasteiger charge is -2.21. The Hall–Kier alpha value is -4.63. The molecule has 0 aliphatic carbocycles. The Morgan fingerprint density at radius 2 is 1.92 bits per heavy atom. The van der Waals surface area contributed by atoms with Gasteiger partial charge in [-0.25, -0.2) is 4.98 Å². The number of likely N-dealkylation sites (N-methyl/N-ethyl adjacent to an activating group) is 1. The van der Waals surface area contributed by atoms with Crippen LogP contribution in [0.4, 0.5) is 19.0 Å². The molecular weight excluding hydrogens is 503 g/mol. The van der Waals surface area contributed by atoms with Gasteiger partial charge in [-0.2, -0.15) is 13.2 Å². The Labute approximate surface area is 215 Å². The van der Waals surface area contributed by atoms with E-state index in [-0.39, 0.29) is 29.6 Å². The second-order valence-corrected chi connectivity index (χ2v) is 8.49. The minimum atomic E-state index is -4.74. The maximum absolute atomic E-state index is 13.1. The normalized spacial score (nSPS) is 16.6.